The highest BCUT2D eigenvalue weighted by molar-refractivity contribution is 6.72. The van der Waals surface area contributed by atoms with E-state index in [2.05, 4.69) is 5.32 Å². The van der Waals surface area contributed by atoms with E-state index < -0.39 is 74.1 Å². The van der Waals surface area contributed by atoms with Gasteiger partial charge in [-0.15, -0.1) is 0 Å². The number of amides is 3. The second kappa shape index (κ2) is 14.8. The monoisotopic (exact) mass is 737 g/mol. The first-order valence-corrected chi connectivity index (χ1v) is 20.2. The van der Waals surface area contributed by atoms with E-state index in [1.807, 2.05) is 30.3 Å². The number of nitrogens with one attached hydrogen (secondary N) is 1. The molecule has 3 aliphatic heterocycles. The van der Waals surface area contributed by atoms with Crippen LogP contribution in [0.4, 0.5) is 21.2 Å². The number of para-hydroxylation sites is 1. The lowest BCUT2D eigenvalue weighted by atomic mass is 9.82. The number of halogens is 1. The van der Waals surface area contributed by atoms with Crippen molar-refractivity contribution in [1.82, 2.24) is 4.90 Å². The van der Waals surface area contributed by atoms with E-state index in [0.29, 0.717) is 16.9 Å². The minimum absolute atomic E-state index is 0.0429. The SMILES string of the molecule is C[C@H]1[C@H]([Si](C)(C)F)[C@@H](CC(=O)N(CCO)Cc2ccccc2)O[C@]12C(=O)N(c1ccccc1)c1ccc(NC(=O)[C@H]3O[C@@H](O)[C@H](O)[C@@H](O)[C@@H]3O)cc12. The Balaban J connectivity index is 1.38. The summed E-state index contributed by atoms with van der Waals surface area (Å²) in [5.74, 6) is -2.59. The molecule has 2 fully saturated rings. The standard InChI is InChI=1S/C37H44FN3O10Si/c1-21-33(52(2,3)38)27(19-28(43)40(16-17-42)20-22-10-6-4-7-11-22)51-37(21)25-18-23(39-34(47)32-30(45)29(44)31(46)35(48)50-32)14-15-26(25)41(36(37)49)24-12-8-5-9-13-24/h4-15,18,21,27,29-33,35,42,44-46,48H,16-17,19-20H2,1-3H3,(H,39,47)/t21-,27+,29-,30-,31+,32-,33-,35+,37+/m0/s1. The van der Waals surface area contributed by atoms with Crippen molar-refractivity contribution in [1.29, 1.82) is 0 Å². The molecule has 6 rings (SSSR count). The van der Waals surface area contributed by atoms with Crippen molar-refractivity contribution in [2.24, 2.45) is 5.92 Å². The Kier molecular flexibility index (Phi) is 10.7. The molecule has 9 atom stereocenters. The summed E-state index contributed by atoms with van der Waals surface area (Å²) in [6.07, 6.45) is -10.5. The Morgan fingerprint density at radius 3 is 2.25 bits per heavy atom. The summed E-state index contributed by atoms with van der Waals surface area (Å²) >= 11 is 0. The lowest BCUT2D eigenvalue weighted by molar-refractivity contribution is -0.274. The summed E-state index contributed by atoms with van der Waals surface area (Å²) < 4.78 is 28.4. The van der Waals surface area contributed by atoms with E-state index in [9.17, 15) is 39.9 Å². The van der Waals surface area contributed by atoms with E-state index >= 15 is 4.11 Å². The van der Waals surface area contributed by atoms with Crippen LogP contribution < -0.4 is 10.2 Å². The van der Waals surface area contributed by atoms with Crippen LogP contribution in [0.1, 0.15) is 24.5 Å². The van der Waals surface area contributed by atoms with Crippen molar-refractivity contribution in [3.8, 4) is 0 Å². The van der Waals surface area contributed by atoms with Gasteiger partial charge in [0.15, 0.2) is 18.0 Å². The molecular formula is C37H44FN3O10Si. The van der Waals surface area contributed by atoms with Crippen molar-refractivity contribution in [3.05, 3.63) is 90.0 Å². The molecule has 0 unspecified atom stereocenters. The van der Waals surface area contributed by atoms with Crippen molar-refractivity contribution in [2.45, 2.75) is 80.9 Å². The van der Waals surface area contributed by atoms with E-state index in [-0.39, 0.29) is 37.7 Å². The number of anilines is 3. The average molecular weight is 738 g/mol. The molecule has 2 saturated heterocycles. The van der Waals surface area contributed by atoms with Gasteiger partial charge in [-0.05, 0) is 49.0 Å². The van der Waals surface area contributed by atoms with Gasteiger partial charge in [0, 0.05) is 41.5 Å². The Bertz CT molecular complexity index is 1780. The van der Waals surface area contributed by atoms with Gasteiger partial charge in [0.25, 0.3) is 11.8 Å². The largest absolute Gasteiger partial charge is 0.395 e. The van der Waals surface area contributed by atoms with E-state index in [1.54, 1.807) is 43.3 Å². The van der Waals surface area contributed by atoms with Crippen LogP contribution in [0, 0.1) is 5.92 Å². The summed E-state index contributed by atoms with van der Waals surface area (Å²) in [4.78, 5) is 45.0. The number of nitrogens with zero attached hydrogens (tertiary/aromatic N) is 2. The van der Waals surface area contributed by atoms with Crippen molar-refractivity contribution in [2.75, 3.05) is 23.4 Å². The molecule has 3 aliphatic rings. The molecule has 15 heteroatoms. The fraction of sp³-hybridized carbons (Fsp3) is 0.432. The second-order valence-corrected chi connectivity index (χ2v) is 17.9. The number of hydrogen-bond acceptors (Lipinski definition) is 10. The number of rotatable bonds is 10. The summed E-state index contributed by atoms with van der Waals surface area (Å²) in [6.45, 7) is 4.75. The summed E-state index contributed by atoms with van der Waals surface area (Å²) in [5, 5.41) is 52.8. The minimum atomic E-state index is -3.68. The zero-order chi connectivity index (χ0) is 37.5. The molecule has 3 heterocycles. The molecule has 0 aromatic heterocycles. The first-order valence-electron chi connectivity index (χ1n) is 17.2. The van der Waals surface area contributed by atoms with Gasteiger partial charge in [-0.25, -0.2) is 0 Å². The minimum Gasteiger partial charge on any atom is -0.395 e. The van der Waals surface area contributed by atoms with Crippen molar-refractivity contribution >= 4 is 43.2 Å². The fourth-order valence-electron chi connectivity index (χ4n) is 7.89. The Morgan fingerprint density at radius 1 is 0.962 bits per heavy atom. The van der Waals surface area contributed by atoms with Crippen LogP contribution in [0.3, 0.4) is 0 Å². The smallest absolute Gasteiger partial charge is 0.268 e. The normalized spacial score (nSPS) is 30.0. The maximum atomic E-state index is 16.5. The Labute approximate surface area is 301 Å². The zero-order valence-electron chi connectivity index (χ0n) is 29.0. The maximum Gasteiger partial charge on any atom is 0.268 e. The first-order chi connectivity index (χ1) is 24.7. The zero-order valence-corrected chi connectivity index (χ0v) is 30.0. The highest BCUT2D eigenvalue weighted by atomic mass is 28.4. The van der Waals surface area contributed by atoms with Crippen LogP contribution in [0.25, 0.3) is 0 Å². The third-order valence-electron chi connectivity index (χ3n) is 10.3. The molecule has 0 radical (unpaired) electrons. The van der Waals surface area contributed by atoms with Crippen LogP contribution in [0.2, 0.25) is 18.6 Å². The number of fused-ring (bicyclic) bond motifs is 2. The summed E-state index contributed by atoms with van der Waals surface area (Å²) in [6, 6.07) is 22.7. The lowest BCUT2D eigenvalue weighted by Crippen LogP contribution is -2.60. The number of ether oxygens (including phenoxy) is 2. The molecule has 0 saturated carbocycles. The predicted octanol–water partition coefficient (Wildman–Crippen LogP) is 2.29. The van der Waals surface area contributed by atoms with Crippen LogP contribution in [-0.2, 0) is 36.0 Å². The third-order valence-corrected chi connectivity index (χ3v) is 12.8. The van der Waals surface area contributed by atoms with Gasteiger partial charge in [0.05, 0.1) is 24.8 Å². The first kappa shape index (κ1) is 37.7. The molecule has 3 aromatic rings. The highest BCUT2D eigenvalue weighted by Crippen LogP contribution is 2.61. The molecule has 0 bridgehead atoms. The molecule has 1 spiro atoms. The molecule has 52 heavy (non-hydrogen) atoms. The van der Waals surface area contributed by atoms with Gasteiger partial charge in [0.1, 0.15) is 18.3 Å². The number of aliphatic hydroxyl groups excluding tert-OH is 5. The number of carbonyl (C=O) groups is 3. The summed E-state index contributed by atoms with van der Waals surface area (Å²) in [7, 11) is -3.68. The molecular weight excluding hydrogens is 694 g/mol. The number of benzene rings is 3. The summed E-state index contributed by atoms with van der Waals surface area (Å²) in [5.41, 5.74) is -0.370. The topological polar surface area (TPSA) is 189 Å². The van der Waals surface area contributed by atoms with Gasteiger partial charge in [0.2, 0.25) is 14.3 Å². The third kappa shape index (κ3) is 6.78. The van der Waals surface area contributed by atoms with Gasteiger partial charge in [-0.1, -0.05) is 55.5 Å². The fourth-order valence-corrected chi connectivity index (χ4v) is 10.4. The molecule has 6 N–H and O–H groups in total. The number of carbonyl (C=O) groups excluding carboxylic acids is 3. The average Bonchev–Trinajstić information content (AvgIpc) is 3.55. The molecule has 3 aromatic carbocycles. The van der Waals surface area contributed by atoms with Crippen LogP contribution in [-0.4, -0.2) is 107 Å². The number of aliphatic hydroxyl groups is 5. The van der Waals surface area contributed by atoms with E-state index in [1.165, 1.54) is 35.0 Å². The Hall–Kier alpha value is -4.06. The quantitative estimate of drug-likeness (QED) is 0.133. The molecule has 278 valence electrons. The number of hydrogen-bond donors (Lipinski definition) is 6. The van der Waals surface area contributed by atoms with Gasteiger partial charge < -0.3 is 49.3 Å². The highest BCUT2D eigenvalue weighted by Gasteiger charge is 2.67. The van der Waals surface area contributed by atoms with Crippen molar-refractivity contribution in [3.63, 3.8) is 0 Å². The lowest BCUT2D eigenvalue weighted by Gasteiger charge is -2.37. The molecule has 3 amide bonds. The second-order valence-electron chi connectivity index (χ2n) is 14.1. The van der Waals surface area contributed by atoms with Crippen LogP contribution >= 0.6 is 0 Å². The van der Waals surface area contributed by atoms with Gasteiger partial charge in [-0.3, -0.25) is 19.3 Å². The van der Waals surface area contributed by atoms with Crippen LogP contribution in [0.15, 0.2) is 78.9 Å². The Morgan fingerprint density at radius 2 is 1.62 bits per heavy atom. The molecule has 0 aliphatic carbocycles. The van der Waals surface area contributed by atoms with Crippen LogP contribution in [0.5, 0.6) is 0 Å². The van der Waals surface area contributed by atoms with Gasteiger partial charge in [-0.2, -0.15) is 0 Å². The molecule has 13 nitrogen and oxygen atoms in total. The van der Waals surface area contributed by atoms with Gasteiger partial charge >= 0.3 is 0 Å². The van der Waals surface area contributed by atoms with E-state index in [0.717, 1.165) is 5.56 Å². The van der Waals surface area contributed by atoms with E-state index in [4.69, 9.17) is 9.47 Å². The predicted molar refractivity (Wildman–Crippen MR) is 189 cm³/mol. The van der Waals surface area contributed by atoms with Crippen molar-refractivity contribution < 1.29 is 53.5 Å². The maximum absolute atomic E-state index is 16.5.